The number of hydrogen-bond acceptors (Lipinski definition) is 1. The molecule has 21 heavy (non-hydrogen) atoms. The van der Waals surface area contributed by atoms with Crippen LogP contribution in [0.1, 0.15) is 50.4 Å². The molecule has 2 heteroatoms. The molecule has 0 atom stereocenters. The summed E-state index contributed by atoms with van der Waals surface area (Å²) >= 11 is 0. The van der Waals surface area contributed by atoms with Gasteiger partial charge in [-0.25, -0.2) is 0 Å². The molecule has 2 aromatic rings. The van der Waals surface area contributed by atoms with Crippen molar-refractivity contribution in [3.63, 3.8) is 0 Å². The van der Waals surface area contributed by atoms with Crippen LogP contribution < -0.4 is 5.73 Å². The Bertz CT molecular complexity index is 683. The Labute approximate surface area is 127 Å². The molecule has 0 aliphatic rings. The summed E-state index contributed by atoms with van der Waals surface area (Å²) in [7, 11) is 0. The summed E-state index contributed by atoms with van der Waals surface area (Å²) in [5, 5.41) is 1.33. The highest BCUT2D eigenvalue weighted by molar-refractivity contribution is 5.95. The normalized spacial score (nSPS) is 13.1. The van der Waals surface area contributed by atoms with E-state index in [4.69, 9.17) is 5.73 Å². The highest BCUT2D eigenvalue weighted by Crippen LogP contribution is 2.32. The number of aromatic amines is 1. The molecule has 0 amide bonds. The third kappa shape index (κ3) is 3.38. The minimum absolute atomic E-state index is 0.843. The molecule has 0 radical (unpaired) electrons. The number of rotatable bonds is 5. The number of fused-ring (bicyclic) bond motifs is 1. The van der Waals surface area contributed by atoms with Crippen molar-refractivity contribution in [1.82, 2.24) is 4.98 Å². The highest BCUT2D eigenvalue weighted by atomic mass is 14.7. The number of hydrogen-bond donors (Lipinski definition) is 2. The van der Waals surface area contributed by atoms with Gasteiger partial charge in [-0.3, -0.25) is 0 Å². The Kier molecular flexibility index (Phi) is 4.89. The van der Waals surface area contributed by atoms with Crippen molar-refractivity contribution in [3.05, 3.63) is 52.9 Å². The lowest BCUT2D eigenvalue weighted by molar-refractivity contribution is 0.972. The topological polar surface area (TPSA) is 41.8 Å². The van der Waals surface area contributed by atoms with Crippen molar-refractivity contribution >= 4 is 16.5 Å². The number of aromatic nitrogens is 1. The van der Waals surface area contributed by atoms with E-state index >= 15 is 0 Å². The first-order valence-electron chi connectivity index (χ1n) is 7.81. The highest BCUT2D eigenvalue weighted by Gasteiger charge is 2.12. The van der Waals surface area contributed by atoms with Gasteiger partial charge in [0, 0.05) is 27.9 Å². The second-order valence-corrected chi connectivity index (χ2v) is 5.71. The zero-order chi connectivity index (χ0) is 15.4. The van der Waals surface area contributed by atoms with Crippen LogP contribution in [0.3, 0.4) is 0 Å². The summed E-state index contributed by atoms with van der Waals surface area (Å²) in [6.45, 7) is 8.50. The molecule has 0 aliphatic carbocycles. The van der Waals surface area contributed by atoms with Crippen LogP contribution in [0.4, 0.5) is 0 Å². The van der Waals surface area contributed by atoms with Crippen molar-refractivity contribution in [2.24, 2.45) is 5.73 Å². The van der Waals surface area contributed by atoms with Gasteiger partial charge in [-0.05, 0) is 56.0 Å². The van der Waals surface area contributed by atoms with E-state index in [2.05, 4.69) is 50.0 Å². The first-order valence-corrected chi connectivity index (χ1v) is 7.81. The monoisotopic (exact) mass is 282 g/mol. The predicted octanol–water partition coefficient (Wildman–Crippen LogP) is 5.08. The molecule has 1 heterocycles. The predicted molar refractivity (Wildman–Crippen MR) is 93.2 cm³/mol. The average Bonchev–Trinajstić information content (AvgIpc) is 2.78. The molecule has 2 rings (SSSR count). The SMILES string of the molecule is CCC/C(=C\C=C(\C)N)c1c(C)[nH]c2ccc(CC)cc12. The number of benzene rings is 1. The lowest BCUT2D eigenvalue weighted by atomic mass is 9.96. The summed E-state index contributed by atoms with van der Waals surface area (Å²) in [4.78, 5) is 3.51. The van der Waals surface area contributed by atoms with Crippen LogP contribution in [0.5, 0.6) is 0 Å². The molecular formula is C19H26N2. The lowest BCUT2D eigenvalue weighted by Crippen LogP contribution is -1.91. The zero-order valence-electron chi connectivity index (χ0n) is 13.6. The molecule has 2 nitrogen and oxygen atoms in total. The summed E-state index contributed by atoms with van der Waals surface area (Å²) in [5.74, 6) is 0. The van der Waals surface area contributed by atoms with Crippen molar-refractivity contribution in [3.8, 4) is 0 Å². The van der Waals surface area contributed by atoms with Gasteiger partial charge in [0.25, 0.3) is 0 Å². The summed E-state index contributed by atoms with van der Waals surface area (Å²) < 4.78 is 0. The van der Waals surface area contributed by atoms with Crippen LogP contribution in [0, 0.1) is 6.92 Å². The van der Waals surface area contributed by atoms with E-state index in [1.807, 2.05) is 13.0 Å². The number of aryl methyl sites for hydroxylation is 2. The van der Waals surface area contributed by atoms with Crippen molar-refractivity contribution < 1.29 is 0 Å². The molecule has 1 aromatic carbocycles. The fourth-order valence-electron chi connectivity index (χ4n) is 2.80. The summed E-state index contributed by atoms with van der Waals surface area (Å²) in [6.07, 6.45) is 7.44. The van der Waals surface area contributed by atoms with E-state index in [9.17, 15) is 0 Å². The van der Waals surface area contributed by atoms with E-state index in [-0.39, 0.29) is 0 Å². The molecule has 0 spiro atoms. The Morgan fingerprint density at radius 3 is 2.62 bits per heavy atom. The Balaban J connectivity index is 2.63. The van der Waals surface area contributed by atoms with Gasteiger partial charge in [0.15, 0.2) is 0 Å². The van der Waals surface area contributed by atoms with Crippen LogP contribution in [0.15, 0.2) is 36.0 Å². The van der Waals surface area contributed by atoms with Crippen LogP contribution in [0.25, 0.3) is 16.5 Å². The quantitative estimate of drug-likeness (QED) is 0.737. The van der Waals surface area contributed by atoms with Gasteiger partial charge in [0.2, 0.25) is 0 Å². The zero-order valence-corrected chi connectivity index (χ0v) is 13.6. The third-order valence-electron chi connectivity index (χ3n) is 3.85. The Hall–Kier alpha value is -1.96. The van der Waals surface area contributed by atoms with Gasteiger partial charge >= 0.3 is 0 Å². The van der Waals surface area contributed by atoms with Crippen molar-refractivity contribution in [2.75, 3.05) is 0 Å². The second-order valence-electron chi connectivity index (χ2n) is 5.71. The lowest BCUT2D eigenvalue weighted by Gasteiger charge is -2.07. The van der Waals surface area contributed by atoms with Crippen LogP contribution in [0.2, 0.25) is 0 Å². The fraction of sp³-hybridized carbons (Fsp3) is 0.368. The second kappa shape index (κ2) is 6.66. The van der Waals surface area contributed by atoms with E-state index in [1.54, 1.807) is 0 Å². The number of nitrogens with two attached hydrogens (primary N) is 1. The Morgan fingerprint density at radius 1 is 1.24 bits per heavy atom. The molecule has 112 valence electrons. The van der Waals surface area contributed by atoms with E-state index < -0.39 is 0 Å². The Morgan fingerprint density at radius 2 is 2.00 bits per heavy atom. The smallest absolute Gasteiger partial charge is 0.0462 e. The standard InChI is InChI=1S/C19H26N2/c1-5-7-16(10-8-13(3)20)19-14(4)21-18-11-9-15(6-2)12-17(18)19/h8-12,21H,5-7,20H2,1-4H3/b13-8-,16-10+. The van der Waals surface area contributed by atoms with E-state index in [0.717, 1.165) is 25.0 Å². The molecule has 0 unspecified atom stereocenters. The van der Waals surface area contributed by atoms with E-state index in [1.165, 1.54) is 33.3 Å². The number of nitrogens with one attached hydrogen (secondary N) is 1. The minimum atomic E-state index is 0.843. The van der Waals surface area contributed by atoms with Gasteiger partial charge in [0.1, 0.15) is 0 Å². The molecule has 0 saturated heterocycles. The summed E-state index contributed by atoms with van der Waals surface area (Å²) in [5.41, 5.74) is 13.2. The van der Waals surface area contributed by atoms with Gasteiger partial charge in [0.05, 0.1) is 0 Å². The van der Waals surface area contributed by atoms with Gasteiger partial charge in [-0.2, -0.15) is 0 Å². The van der Waals surface area contributed by atoms with Crippen LogP contribution in [-0.4, -0.2) is 4.98 Å². The van der Waals surface area contributed by atoms with Crippen molar-refractivity contribution in [2.45, 2.75) is 47.0 Å². The maximum Gasteiger partial charge on any atom is 0.0462 e. The summed E-state index contributed by atoms with van der Waals surface area (Å²) in [6, 6.07) is 6.71. The number of H-pyrrole nitrogens is 1. The van der Waals surface area contributed by atoms with Gasteiger partial charge < -0.3 is 10.7 Å². The van der Waals surface area contributed by atoms with Gasteiger partial charge in [-0.15, -0.1) is 0 Å². The van der Waals surface area contributed by atoms with Crippen LogP contribution >= 0.6 is 0 Å². The minimum Gasteiger partial charge on any atom is -0.402 e. The van der Waals surface area contributed by atoms with E-state index in [0.29, 0.717) is 0 Å². The molecular weight excluding hydrogens is 256 g/mol. The maximum absolute atomic E-state index is 5.80. The first kappa shape index (κ1) is 15.4. The molecule has 3 N–H and O–H groups in total. The van der Waals surface area contributed by atoms with Gasteiger partial charge in [-0.1, -0.05) is 32.4 Å². The number of allylic oxidation sites excluding steroid dienone is 4. The first-order chi connectivity index (χ1) is 10.1. The molecule has 0 bridgehead atoms. The molecule has 1 aromatic heterocycles. The fourth-order valence-corrected chi connectivity index (χ4v) is 2.80. The largest absolute Gasteiger partial charge is 0.402 e. The average molecular weight is 282 g/mol. The molecule has 0 fully saturated rings. The molecule has 0 saturated carbocycles. The van der Waals surface area contributed by atoms with Crippen LogP contribution in [-0.2, 0) is 6.42 Å². The third-order valence-corrected chi connectivity index (χ3v) is 3.85. The maximum atomic E-state index is 5.80. The molecule has 0 aliphatic heterocycles. The van der Waals surface area contributed by atoms with Crippen molar-refractivity contribution in [1.29, 1.82) is 0 Å².